The lowest BCUT2D eigenvalue weighted by atomic mass is 10.2. The van der Waals surface area contributed by atoms with Crippen molar-refractivity contribution in [1.82, 2.24) is 0 Å². The van der Waals surface area contributed by atoms with Crippen LogP contribution in [0.15, 0.2) is 88.0 Å². The van der Waals surface area contributed by atoms with Gasteiger partial charge in [-0.05, 0) is 61.0 Å². The first-order valence-electron chi connectivity index (χ1n) is 10.4. The van der Waals surface area contributed by atoms with Crippen LogP contribution in [0, 0.1) is 0 Å². The van der Waals surface area contributed by atoms with Gasteiger partial charge in [-0.2, -0.15) is 0 Å². The number of fused-ring (bicyclic) bond motifs is 1. The predicted molar refractivity (Wildman–Crippen MR) is 141 cm³/mol. The van der Waals surface area contributed by atoms with E-state index in [1.165, 1.54) is 11.3 Å². The molecule has 4 aromatic rings. The minimum Gasteiger partial charge on any atom is -0.494 e. The van der Waals surface area contributed by atoms with Gasteiger partial charge in [-0.25, -0.2) is 4.99 Å². The fourth-order valence-electron chi connectivity index (χ4n) is 3.64. The number of amidine groups is 1. The number of nitrogens with zero attached hydrogens (tertiary/aromatic N) is 2. The second-order valence-corrected chi connectivity index (χ2v) is 9.67. The molecule has 164 valence electrons. The molecule has 2 heterocycles. The van der Waals surface area contributed by atoms with Gasteiger partial charge in [0.1, 0.15) is 11.4 Å². The van der Waals surface area contributed by atoms with Crippen LogP contribution < -0.4 is 9.64 Å². The molecule has 3 aromatic carbocycles. The highest BCUT2D eigenvalue weighted by molar-refractivity contribution is 9.10. The molecule has 1 amide bonds. The van der Waals surface area contributed by atoms with Crippen LogP contribution in [0.5, 0.6) is 5.75 Å². The van der Waals surface area contributed by atoms with E-state index in [-0.39, 0.29) is 5.91 Å². The number of thiophene rings is 1. The first-order valence-corrected chi connectivity index (χ1v) is 12.3. The second kappa shape index (κ2) is 9.14. The number of hydrogen-bond donors (Lipinski definition) is 0. The van der Waals surface area contributed by atoms with E-state index in [9.17, 15) is 4.79 Å². The minimum atomic E-state index is -0.203. The zero-order chi connectivity index (χ0) is 22.9. The van der Waals surface area contributed by atoms with Crippen LogP contribution in [0.1, 0.15) is 17.4 Å². The average molecular weight is 538 g/mol. The Morgan fingerprint density at radius 3 is 2.48 bits per heavy atom. The van der Waals surface area contributed by atoms with Gasteiger partial charge in [0, 0.05) is 14.6 Å². The number of halogens is 2. The first-order chi connectivity index (χ1) is 16.0. The lowest BCUT2D eigenvalue weighted by Crippen LogP contribution is -2.32. The van der Waals surface area contributed by atoms with Crippen LogP contribution in [-0.2, 0) is 4.79 Å². The highest BCUT2D eigenvalue weighted by atomic mass is 79.9. The summed E-state index contributed by atoms with van der Waals surface area (Å²) in [5, 5.41) is 1.55. The van der Waals surface area contributed by atoms with E-state index >= 15 is 0 Å². The fraction of sp³-hybridized carbons (Fsp3) is 0.0769. The van der Waals surface area contributed by atoms with Crippen molar-refractivity contribution in [2.75, 3.05) is 11.5 Å². The van der Waals surface area contributed by atoms with Gasteiger partial charge in [0.2, 0.25) is 0 Å². The topological polar surface area (TPSA) is 41.9 Å². The Labute approximate surface area is 208 Å². The van der Waals surface area contributed by atoms with Crippen molar-refractivity contribution in [1.29, 1.82) is 0 Å². The van der Waals surface area contributed by atoms with E-state index in [0.717, 1.165) is 30.7 Å². The highest BCUT2D eigenvalue weighted by Crippen LogP contribution is 2.39. The molecule has 4 nitrogen and oxygen atoms in total. The Kier molecular flexibility index (Phi) is 6.06. The molecule has 1 aromatic heterocycles. The van der Waals surface area contributed by atoms with Gasteiger partial charge in [-0.15, -0.1) is 11.3 Å². The third-order valence-corrected chi connectivity index (χ3v) is 7.38. The van der Waals surface area contributed by atoms with E-state index in [2.05, 4.69) is 15.9 Å². The molecule has 5 rings (SSSR count). The summed E-state index contributed by atoms with van der Waals surface area (Å²) in [6, 6.07) is 23.1. The largest absolute Gasteiger partial charge is 0.494 e. The molecular formula is C26H18BrClN2O2S. The number of ether oxygens (including phenoxy) is 1. The van der Waals surface area contributed by atoms with E-state index in [0.29, 0.717) is 28.8 Å². The SMILES string of the molecule is CCOc1ccc(N2C(=O)/C(=C\c3ccc(Br)cc3)N=C2c2sc3ccccc3c2Cl)cc1. The van der Waals surface area contributed by atoms with E-state index in [4.69, 9.17) is 21.3 Å². The van der Waals surface area contributed by atoms with Crippen LogP contribution in [0.3, 0.4) is 0 Å². The normalized spacial score (nSPS) is 14.9. The Bertz CT molecular complexity index is 1410. The van der Waals surface area contributed by atoms with Crippen molar-refractivity contribution in [2.24, 2.45) is 4.99 Å². The molecule has 0 radical (unpaired) electrons. The summed E-state index contributed by atoms with van der Waals surface area (Å²) in [6.45, 7) is 2.51. The van der Waals surface area contributed by atoms with Crippen molar-refractivity contribution in [2.45, 2.75) is 6.92 Å². The van der Waals surface area contributed by atoms with Gasteiger partial charge in [0.25, 0.3) is 5.91 Å². The molecular weight excluding hydrogens is 520 g/mol. The maximum Gasteiger partial charge on any atom is 0.282 e. The molecule has 0 unspecified atom stereocenters. The zero-order valence-corrected chi connectivity index (χ0v) is 20.7. The molecule has 0 N–H and O–H groups in total. The standard InChI is InChI=1S/C26H18BrClN2O2S/c1-2-32-19-13-11-18(12-14-19)30-25(24-23(28)20-5-3-4-6-22(20)33-24)29-21(26(30)31)15-16-7-9-17(27)10-8-16/h3-15H,2H2,1H3/b21-15+. The number of hydrogen-bond acceptors (Lipinski definition) is 4. The molecule has 33 heavy (non-hydrogen) atoms. The lowest BCUT2D eigenvalue weighted by Gasteiger charge is -2.18. The summed E-state index contributed by atoms with van der Waals surface area (Å²) in [5.74, 6) is 1.07. The van der Waals surface area contributed by atoms with Crippen LogP contribution >= 0.6 is 38.9 Å². The Morgan fingerprint density at radius 1 is 1.06 bits per heavy atom. The van der Waals surface area contributed by atoms with Crippen molar-refractivity contribution < 1.29 is 9.53 Å². The van der Waals surface area contributed by atoms with Gasteiger partial charge in [-0.3, -0.25) is 9.69 Å². The third-order valence-electron chi connectivity index (χ3n) is 5.18. The smallest absolute Gasteiger partial charge is 0.282 e. The van der Waals surface area contributed by atoms with Gasteiger partial charge in [0.05, 0.1) is 22.2 Å². The van der Waals surface area contributed by atoms with E-state index in [1.54, 1.807) is 11.0 Å². The van der Waals surface area contributed by atoms with E-state index in [1.807, 2.05) is 79.7 Å². The molecule has 7 heteroatoms. The lowest BCUT2D eigenvalue weighted by molar-refractivity contribution is -0.113. The number of rotatable bonds is 5. The minimum absolute atomic E-state index is 0.203. The number of benzene rings is 3. The van der Waals surface area contributed by atoms with Crippen LogP contribution in [0.2, 0.25) is 5.02 Å². The summed E-state index contributed by atoms with van der Waals surface area (Å²) in [5.41, 5.74) is 1.95. The van der Waals surface area contributed by atoms with Gasteiger partial charge in [-0.1, -0.05) is 57.9 Å². The van der Waals surface area contributed by atoms with Crippen LogP contribution in [0.4, 0.5) is 5.69 Å². The fourth-order valence-corrected chi connectivity index (χ4v) is 5.40. The summed E-state index contributed by atoms with van der Waals surface area (Å²) in [7, 11) is 0. The number of amides is 1. The van der Waals surface area contributed by atoms with Gasteiger partial charge in [0.15, 0.2) is 5.84 Å². The number of anilines is 1. The van der Waals surface area contributed by atoms with Crippen LogP contribution in [0.25, 0.3) is 16.2 Å². The molecule has 0 saturated heterocycles. The maximum absolute atomic E-state index is 13.6. The number of aliphatic imine (C=N–C) groups is 1. The van der Waals surface area contributed by atoms with E-state index < -0.39 is 0 Å². The highest BCUT2D eigenvalue weighted by Gasteiger charge is 2.35. The summed E-state index contributed by atoms with van der Waals surface area (Å²) < 4.78 is 7.58. The predicted octanol–water partition coefficient (Wildman–Crippen LogP) is 7.55. The van der Waals surface area contributed by atoms with Gasteiger partial charge >= 0.3 is 0 Å². The van der Waals surface area contributed by atoms with Crippen molar-refractivity contribution in [3.8, 4) is 5.75 Å². The summed E-state index contributed by atoms with van der Waals surface area (Å²) in [4.78, 5) is 20.7. The quantitative estimate of drug-likeness (QED) is 0.247. The van der Waals surface area contributed by atoms with Crippen molar-refractivity contribution in [3.05, 3.63) is 98.4 Å². The molecule has 0 aliphatic carbocycles. The first kappa shape index (κ1) is 21.9. The number of carbonyl (C=O) groups excluding carboxylic acids is 1. The van der Waals surface area contributed by atoms with Crippen LogP contribution in [-0.4, -0.2) is 18.3 Å². The number of carbonyl (C=O) groups is 1. The molecule has 0 saturated carbocycles. The maximum atomic E-state index is 13.6. The zero-order valence-electron chi connectivity index (χ0n) is 17.6. The Hall–Kier alpha value is -2.93. The summed E-state index contributed by atoms with van der Waals surface area (Å²) >= 11 is 11.7. The molecule has 1 aliphatic rings. The molecule has 0 bridgehead atoms. The van der Waals surface area contributed by atoms with Crippen molar-refractivity contribution >= 4 is 72.5 Å². The van der Waals surface area contributed by atoms with Gasteiger partial charge < -0.3 is 4.74 Å². The monoisotopic (exact) mass is 536 g/mol. The molecule has 0 fully saturated rings. The molecule has 0 spiro atoms. The molecule has 1 aliphatic heterocycles. The molecule has 0 atom stereocenters. The van der Waals surface area contributed by atoms with Crippen molar-refractivity contribution in [3.63, 3.8) is 0 Å². The average Bonchev–Trinajstić information content (AvgIpc) is 3.33. The summed E-state index contributed by atoms with van der Waals surface area (Å²) in [6.07, 6.45) is 1.80. The second-order valence-electron chi connectivity index (χ2n) is 7.33. The third kappa shape index (κ3) is 4.22. The Balaban J connectivity index is 1.64. The Morgan fingerprint density at radius 2 is 1.79 bits per heavy atom.